The van der Waals surface area contributed by atoms with Crippen LogP contribution in [0.3, 0.4) is 0 Å². The molecular formula is C31H24F2N4O9. The van der Waals surface area contributed by atoms with E-state index in [0.717, 1.165) is 24.5 Å². The monoisotopic (exact) mass is 634 g/mol. The Morgan fingerprint density at radius 1 is 0.804 bits per heavy atom. The normalized spacial score (nSPS) is 20.4. The third-order valence-electron chi connectivity index (χ3n) is 6.61. The SMILES string of the molecule is C=C(OC[C@@]1(O)O[C@H](COC(=O)c2cccnc2)[C@@H](OC(=O)c2cccnc2F)[C@@H]1OC(=O)c1cccnc1F)c1cccnc1. The molecule has 4 atom stereocenters. The lowest BCUT2D eigenvalue weighted by Gasteiger charge is -2.30. The molecule has 0 radical (unpaired) electrons. The second kappa shape index (κ2) is 14.0. The first kappa shape index (κ1) is 31.7. The Labute approximate surface area is 259 Å². The van der Waals surface area contributed by atoms with E-state index >= 15 is 0 Å². The van der Waals surface area contributed by atoms with Crippen LogP contribution in [0.2, 0.25) is 0 Å². The molecule has 0 aliphatic carbocycles. The maximum absolute atomic E-state index is 14.4. The number of pyridine rings is 4. The summed E-state index contributed by atoms with van der Waals surface area (Å²) in [4.78, 5) is 53.6. The molecule has 1 aliphatic heterocycles. The molecule has 5 heterocycles. The number of aromatic nitrogens is 4. The Kier molecular flexibility index (Phi) is 9.64. The van der Waals surface area contributed by atoms with Crippen LogP contribution in [-0.2, 0) is 23.7 Å². The van der Waals surface area contributed by atoms with E-state index in [1.165, 1.54) is 49.1 Å². The first-order valence-corrected chi connectivity index (χ1v) is 13.5. The van der Waals surface area contributed by atoms with Crippen LogP contribution in [0.4, 0.5) is 8.78 Å². The van der Waals surface area contributed by atoms with Crippen molar-refractivity contribution < 1.29 is 52.0 Å². The average molecular weight is 635 g/mol. The molecule has 0 bridgehead atoms. The zero-order valence-electron chi connectivity index (χ0n) is 23.7. The van der Waals surface area contributed by atoms with Crippen molar-refractivity contribution in [2.75, 3.05) is 13.2 Å². The highest BCUT2D eigenvalue weighted by Gasteiger charge is 2.60. The van der Waals surface area contributed by atoms with Gasteiger partial charge in [-0.25, -0.2) is 24.4 Å². The molecule has 1 fully saturated rings. The van der Waals surface area contributed by atoms with Crippen molar-refractivity contribution in [2.24, 2.45) is 0 Å². The molecule has 15 heteroatoms. The van der Waals surface area contributed by atoms with Gasteiger partial charge >= 0.3 is 17.9 Å². The molecule has 0 spiro atoms. The van der Waals surface area contributed by atoms with Crippen LogP contribution in [-0.4, -0.2) is 80.3 Å². The van der Waals surface area contributed by atoms with Crippen LogP contribution < -0.4 is 0 Å². The number of rotatable bonds is 11. The first-order valence-electron chi connectivity index (χ1n) is 13.5. The Morgan fingerprint density at radius 2 is 1.37 bits per heavy atom. The second-order valence-corrected chi connectivity index (χ2v) is 9.67. The molecule has 13 nitrogen and oxygen atoms in total. The summed E-state index contributed by atoms with van der Waals surface area (Å²) in [5, 5.41) is 11.8. The van der Waals surface area contributed by atoms with E-state index in [0.29, 0.717) is 5.56 Å². The molecule has 46 heavy (non-hydrogen) atoms. The van der Waals surface area contributed by atoms with Crippen LogP contribution in [0.25, 0.3) is 5.76 Å². The maximum Gasteiger partial charge on any atom is 0.343 e. The minimum atomic E-state index is -2.64. The Bertz CT molecular complexity index is 1730. The van der Waals surface area contributed by atoms with Crippen molar-refractivity contribution in [1.82, 2.24) is 19.9 Å². The van der Waals surface area contributed by atoms with Crippen LogP contribution in [0, 0.1) is 11.9 Å². The van der Waals surface area contributed by atoms with Gasteiger partial charge in [0.2, 0.25) is 17.7 Å². The van der Waals surface area contributed by atoms with Gasteiger partial charge in [0.1, 0.15) is 36.2 Å². The lowest BCUT2D eigenvalue weighted by molar-refractivity contribution is -0.246. The van der Waals surface area contributed by atoms with Gasteiger partial charge in [-0.2, -0.15) is 8.78 Å². The van der Waals surface area contributed by atoms with Crippen molar-refractivity contribution in [2.45, 2.75) is 24.1 Å². The Balaban J connectivity index is 1.48. The van der Waals surface area contributed by atoms with Crippen molar-refractivity contribution in [3.05, 3.63) is 126 Å². The van der Waals surface area contributed by atoms with Crippen LogP contribution in [0.5, 0.6) is 0 Å². The highest BCUT2D eigenvalue weighted by molar-refractivity contribution is 5.90. The summed E-state index contributed by atoms with van der Waals surface area (Å²) in [6, 6.07) is 10.8. The highest BCUT2D eigenvalue weighted by Crippen LogP contribution is 2.36. The number of hydrogen-bond acceptors (Lipinski definition) is 13. The summed E-state index contributed by atoms with van der Waals surface area (Å²) in [5.74, 6) is -8.46. The minimum Gasteiger partial charge on any atom is -0.488 e. The first-order chi connectivity index (χ1) is 22.2. The molecule has 0 saturated carbocycles. The lowest BCUT2D eigenvalue weighted by atomic mass is 10.0. The number of halogens is 2. The minimum absolute atomic E-state index is 0.0194. The molecule has 1 N–H and O–H groups in total. The Morgan fingerprint density at radius 3 is 1.93 bits per heavy atom. The van der Waals surface area contributed by atoms with Gasteiger partial charge in [0.25, 0.3) is 0 Å². The van der Waals surface area contributed by atoms with Crippen LogP contribution >= 0.6 is 0 Å². The fourth-order valence-electron chi connectivity index (χ4n) is 4.36. The van der Waals surface area contributed by atoms with E-state index in [4.69, 9.17) is 23.7 Å². The van der Waals surface area contributed by atoms with Gasteiger partial charge in [-0.15, -0.1) is 0 Å². The molecule has 4 aromatic rings. The topological polar surface area (TPSA) is 169 Å². The molecular weight excluding hydrogens is 610 g/mol. The largest absolute Gasteiger partial charge is 0.488 e. The molecule has 4 aromatic heterocycles. The van der Waals surface area contributed by atoms with Gasteiger partial charge in [0, 0.05) is 42.7 Å². The smallest absolute Gasteiger partial charge is 0.343 e. The van der Waals surface area contributed by atoms with E-state index in [-0.39, 0.29) is 11.3 Å². The number of hydrogen-bond donors (Lipinski definition) is 1. The molecule has 5 rings (SSSR count). The van der Waals surface area contributed by atoms with Gasteiger partial charge in [-0.3, -0.25) is 9.97 Å². The third-order valence-corrected chi connectivity index (χ3v) is 6.61. The van der Waals surface area contributed by atoms with Gasteiger partial charge < -0.3 is 28.8 Å². The van der Waals surface area contributed by atoms with Gasteiger partial charge in [0.15, 0.2) is 12.2 Å². The highest BCUT2D eigenvalue weighted by atomic mass is 19.1. The third kappa shape index (κ3) is 7.17. The maximum atomic E-state index is 14.4. The van der Waals surface area contributed by atoms with Gasteiger partial charge in [-0.05, 0) is 48.5 Å². The van der Waals surface area contributed by atoms with E-state index in [2.05, 4.69) is 26.5 Å². The summed E-state index contributed by atoms with van der Waals surface area (Å²) >= 11 is 0. The molecule has 0 aromatic carbocycles. The van der Waals surface area contributed by atoms with Crippen molar-refractivity contribution in [3.63, 3.8) is 0 Å². The summed E-state index contributed by atoms with van der Waals surface area (Å²) in [6.07, 6.45) is 2.53. The van der Waals surface area contributed by atoms with Crippen molar-refractivity contribution in [3.8, 4) is 0 Å². The number of esters is 3. The zero-order valence-corrected chi connectivity index (χ0v) is 23.7. The number of aliphatic hydroxyl groups is 1. The van der Waals surface area contributed by atoms with Gasteiger partial charge in [-0.1, -0.05) is 6.58 Å². The second-order valence-electron chi connectivity index (χ2n) is 9.67. The van der Waals surface area contributed by atoms with Crippen molar-refractivity contribution in [1.29, 1.82) is 0 Å². The van der Waals surface area contributed by atoms with E-state index in [9.17, 15) is 28.3 Å². The fourth-order valence-corrected chi connectivity index (χ4v) is 4.36. The summed E-state index contributed by atoms with van der Waals surface area (Å²) in [6.45, 7) is 2.31. The predicted molar refractivity (Wildman–Crippen MR) is 150 cm³/mol. The Hall–Kier alpha value is -5.67. The summed E-state index contributed by atoms with van der Waals surface area (Å²) < 4.78 is 56.6. The molecule has 1 aliphatic rings. The standard InChI is InChI=1S/C31H24F2N4O9/c1-18(19-6-2-10-34-14-19)43-17-31(41)25(45-30(40)22-9-5-13-37-27(22)33)24(44-29(39)21-8-4-12-36-26(21)32)23(46-31)16-42-28(38)20-7-3-11-35-15-20/h2-15,23-25,41H,1,16-17H2/t23-,24-,25+,31-/m1/s1. The summed E-state index contributed by atoms with van der Waals surface area (Å²) in [5.41, 5.74) is -0.742. The van der Waals surface area contributed by atoms with Crippen LogP contribution in [0.15, 0.2) is 92.3 Å². The number of nitrogens with zero attached hydrogens (tertiary/aromatic N) is 4. The molecule has 0 amide bonds. The van der Waals surface area contributed by atoms with Crippen molar-refractivity contribution >= 4 is 23.7 Å². The van der Waals surface area contributed by atoms with E-state index in [1.807, 2.05) is 0 Å². The van der Waals surface area contributed by atoms with Gasteiger partial charge in [0.05, 0.1) is 5.56 Å². The molecule has 236 valence electrons. The van der Waals surface area contributed by atoms with Crippen LogP contribution in [0.1, 0.15) is 36.6 Å². The molecule has 1 saturated heterocycles. The lowest BCUT2D eigenvalue weighted by Crippen LogP contribution is -2.50. The average Bonchev–Trinajstić information content (AvgIpc) is 3.33. The molecule has 0 unspecified atom stereocenters. The number of ether oxygens (including phenoxy) is 5. The quantitative estimate of drug-likeness (QED) is 0.111. The van der Waals surface area contributed by atoms with E-state index < -0.39 is 78.2 Å². The van der Waals surface area contributed by atoms with E-state index in [1.54, 1.807) is 12.1 Å². The fraction of sp³-hybridized carbons (Fsp3) is 0.194. The predicted octanol–water partition coefficient (Wildman–Crippen LogP) is 2.93. The number of carbonyl (C=O) groups is 3. The zero-order chi connectivity index (χ0) is 32.7. The number of carbonyl (C=O) groups excluding carboxylic acids is 3. The summed E-state index contributed by atoms with van der Waals surface area (Å²) in [7, 11) is 0.